The Bertz CT molecular complexity index is 840. The van der Waals surface area contributed by atoms with E-state index in [-0.39, 0.29) is 29.6 Å². The highest BCUT2D eigenvalue weighted by Crippen LogP contribution is 2.44. The van der Waals surface area contributed by atoms with Crippen LogP contribution in [0.25, 0.3) is 11.4 Å². The van der Waals surface area contributed by atoms with Crippen LogP contribution in [-0.4, -0.2) is 29.1 Å². The van der Waals surface area contributed by atoms with E-state index >= 15 is 0 Å². The third-order valence-corrected chi connectivity index (χ3v) is 5.56. The summed E-state index contributed by atoms with van der Waals surface area (Å²) in [4.78, 5) is 16.3. The lowest BCUT2D eigenvalue weighted by molar-refractivity contribution is -0.159. The van der Waals surface area contributed by atoms with Crippen LogP contribution >= 0.6 is 12.4 Å². The Morgan fingerprint density at radius 2 is 2.00 bits per heavy atom. The van der Waals surface area contributed by atoms with Gasteiger partial charge in [-0.1, -0.05) is 18.0 Å². The lowest BCUT2D eigenvalue weighted by Crippen LogP contribution is -2.44. The van der Waals surface area contributed by atoms with Crippen molar-refractivity contribution in [3.8, 4) is 11.4 Å². The average molecular weight is 417 g/mol. The molecule has 1 saturated carbocycles. The first-order valence-electron chi connectivity index (χ1n) is 8.92. The quantitative estimate of drug-likeness (QED) is 0.793. The van der Waals surface area contributed by atoms with E-state index in [9.17, 15) is 18.0 Å². The van der Waals surface area contributed by atoms with Gasteiger partial charge >= 0.3 is 12.1 Å². The third kappa shape index (κ3) is 3.73. The zero-order valence-corrected chi connectivity index (χ0v) is 15.7. The zero-order chi connectivity index (χ0) is 19.1. The van der Waals surface area contributed by atoms with E-state index in [1.165, 1.54) is 0 Å². The van der Waals surface area contributed by atoms with Crippen molar-refractivity contribution in [2.75, 3.05) is 18.4 Å². The van der Waals surface area contributed by atoms with E-state index in [1.54, 1.807) is 24.3 Å². The minimum absolute atomic E-state index is 0. The van der Waals surface area contributed by atoms with E-state index in [2.05, 4.69) is 25.3 Å². The summed E-state index contributed by atoms with van der Waals surface area (Å²) in [6.07, 6.45) is -0.550. The molecule has 1 aliphatic carbocycles. The molecule has 1 aliphatic heterocycles. The highest BCUT2D eigenvalue weighted by Gasteiger charge is 2.49. The Morgan fingerprint density at radius 1 is 1.25 bits per heavy atom. The molecule has 2 atom stereocenters. The van der Waals surface area contributed by atoms with Crippen molar-refractivity contribution in [3.05, 3.63) is 30.2 Å². The first kappa shape index (κ1) is 20.6. The van der Waals surface area contributed by atoms with Gasteiger partial charge in [0, 0.05) is 17.8 Å². The summed E-state index contributed by atoms with van der Waals surface area (Å²) in [5, 5.41) is 9.65. The normalized spacial score (nSPS) is 24.3. The molecule has 1 amide bonds. The van der Waals surface area contributed by atoms with Crippen molar-refractivity contribution in [2.45, 2.75) is 31.9 Å². The van der Waals surface area contributed by atoms with E-state index < -0.39 is 12.1 Å². The van der Waals surface area contributed by atoms with Crippen molar-refractivity contribution in [1.29, 1.82) is 0 Å². The van der Waals surface area contributed by atoms with Crippen molar-refractivity contribution in [3.63, 3.8) is 0 Å². The highest BCUT2D eigenvalue weighted by molar-refractivity contribution is 5.96. The number of fused-ring (bicyclic) bond motifs is 1. The number of benzene rings is 1. The van der Waals surface area contributed by atoms with Crippen LogP contribution in [0.15, 0.2) is 28.8 Å². The predicted molar refractivity (Wildman–Crippen MR) is 97.9 cm³/mol. The fraction of sp³-hybridized carbons (Fsp3) is 0.500. The molecular weight excluding hydrogens is 397 g/mol. The summed E-state index contributed by atoms with van der Waals surface area (Å²) in [6, 6.07) is 6.38. The topological polar surface area (TPSA) is 80.1 Å². The number of hydrogen-bond acceptors (Lipinski definition) is 5. The molecule has 28 heavy (non-hydrogen) atoms. The van der Waals surface area contributed by atoms with Crippen LogP contribution in [0, 0.1) is 11.3 Å². The van der Waals surface area contributed by atoms with Gasteiger partial charge in [0.25, 0.3) is 0 Å². The molecule has 4 rings (SSSR count). The molecule has 0 unspecified atom stereocenters. The van der Waals surface area contributed by atoms with Crippen LogP contribution in [0.4, 0.5) is 18.9 Å². The highest BCUT2D eigenvalue weighted by atomic mass is 35.5. The summed E-state index contributed by atoms with van der Waals surface area (Å²) in [6.45, 7) is 1.55. The number of amides is 1. The van der Waals surface area contributed by atoms with E-state index in [4.69, 9.17) is 0 Å². The predicted octanol–water partition coefficient (Wildman–Crippen LogP) is 3.90. The van der Waals surface area contributed by atoms with Gasteiger partial charge in [-0.2, -0.15) is 18.2 Å². The Labute approximate surface area is 165 Å². The molecule has 2 fully saturated rings. The minimum atomic E-state index is -4.68. The molecule has 6 nitrogen and oxygen atoms in total. The molecule has 0 bridgehead atoms. The number of anilines is 1. The van der Waals surface area contributed by atoms with Gasteiger partial charge < -0.3 is 15.2 Å². The van der Waals surface area contributed by atoms with Gasteiger partial charge in [0.2, 0.25) is 11.7 Å². The van der Waals surface area contributed by atoms with Crippen LogP contribution < -0.4 is 10.6 Å². The number of halogens is 4. The number of rotatable bonds is 3. The maximum Gasteiger partial charge on any atom is 0.471 e. The second-order valence-corrected chi connectivity index (χ2v) is 7.18. The Kier molecular flexibility index (Phi) is 5.67. The zero-order valence-electron chi connectivity index (χ0n) is 14.9. The standard InChI is InChI=1S/C18H19F3N4O2.ClH/c19-18(20,21)16-24-14(25-27-16)11-4-6-13(7-5-11)23-15(26)17-8-2-1-3-12(17)9-22-10-17;/h4-7,12,22H,1-3,8-10H2,(H,23,26);1H/t12-,17+;/m0./s1. The molecule has 1 aromatic heterocycles. The van der Waals surface area contributed by atoms with Gasteiger partial charge in [0.15, 0.2) is 0 Å². The van der Waals surface area contributed by atoms with Crippen LogP contribution in [0.5, 0.6) is 0 Å². The van der Waals surface area contributed by atoms with Gasteiger partial charge in [-0.05, 0) is 49.6 Å². The largest absolute Gasteiger partial charge is 0.471 e. The third-order valence-electron chi connectivity index (χ3n) is 5.56. The lowest BCUT2D eigenvalue weighted by atomic mass is 9.67. The minimum Gasteiger partial charge on any atom is -0.329 e. The molecule has 10 heteroatoms. The summed E-state index contributed by atoms with van der Waals surface area (Å²) in [7, 11) is 0. The Balaban J connectivity index is 0.00000225. The van der Waals surface area contributed by atoms with Crippen molar-refractivity contribution < 1.29 is 22.5 Å². The average Bonchev–Trinajstić information content (AvgIpc) is 3.30. The summed E-state index contributed by atoms with van der Waals surface area (Å²) in [5.74, 6) is -1.17. The number of alkyl halides is 3. The van der Waals surface area contributed by atoms with Gasteiger partial charge in [0.05, 0.1) is 5.41 Å². The van der Waals surface area contributed by atoms with E-state index in [0.717, 1.165) is 32.2 Å². The SMILES string of the molecule is Cl.O=C(Nc1ccc(-c2noc(C(F)(F)F)n2)cc1)[C@@]12CCCC[C@H]1CNC2. The number of aromatic nitrogens is 2. The smallest absolute Gasteiger partial charge is 0.329 e. The molecule has 0 radical (unpaired) electrons. The van der Waals surface area contributed by atoms with Crippen molar-refractivity contribution >= 4 is 24.0 Å². The van der Waals surface area contributed by atoms with Crippen LogP contribution in [0.3, 0.4) is 0 Å². The maximum atomic E-state index is 12.9. The van der Waals surface area contributed by atoms with Gasteiger partial charge in [0.1, 0.15) is 0 Å². The number of carbonyl (C=O) groups excluding carboxylic acids is 1. The second kappa shape index (κ2) is 7.71. The molecule has 2 N–H and O–H groups in total. The molecule has 1 saturated heterocycles. The Morgan fingerprint density at radius 3 is 2.68 bits per heavy atom. The lowest BCUT2D eigenvalue weighted by Gasteiger charge is -2.37. The Hall–Kier alpha value is -2.13. The molecule has 2 aliphatic rings. The molecule has 0 spiro atoms. The van der Waals surface area contributed by atoms with Crippen molar-refractivity contribution in [1.82, 2.24) is 15.5 Å². The fourth-order valence-corrected chi connectivity index (χ4v) is 4.10. The summed E-state index contributed by atoms with van der Waals surface area (Å²) < 4.78 is 41.9. The van der Waals surface area contributed by atoms with E-state index in [1.807, 2.05) is 0 Å². The number of carbonyl (C=O) groups is 1. The van der Waals surface area contributed by atoms with Crippen molar-refractivity contribution in [2.24, 2.45) is 11.3 Å². The molecule has 1 aromatic carbocycles. The van der Waals surface area contributed by atoms with Crippen LogP contribution in [-0.2, 0) is 11.0 Å². The van der Waals surface area contributed by atoms with Gasteiger partial charge in [-0.25, -0.2) is 0 Å². The molecular formula is C18H20ClF3N4O2. The molecule has 2 heterocycles. The number of nitrogens with zero attached hydrogens (tertiary/aromatic N) is 2. The van der Waals surface area contributed by atoms with Gasteiger partial charge in [-0.3, -0.25) is 4.79 Å². The summed E-state index contributed by atoms with van der Waals surface area (Å²) in [5.41, 5.74) is 0.601. The second-order valence-electron chi connectivity index (χ2n) is 7.18. The first-order chi connectivity index (χ1) is 12.9. The number of nitrogens with one attached hydrogen (secondary N) is 2. The molecule has 152 valence electrons. The fourth-order valence-electron chi connectivity index (χ4n) is 4.10. The van der Waals surface area contributed by atoms with E-state index in [0.29, 0.717) is 23.7 Å². The number of hydrogen-bond donors (Lipinski definition) is 2. The molecule has 2 aromatic rings. The summed E-state index contributed by atoms with van der Waals surface area (Å²) >= 11 is 0. The van der Waals surface area contributed by atoms with Gasteiger partial charge in [-0.15, -0.1) is 12.4 Å². The first-order valence-corrected chi connectivity index (χ1v) is 8.92. The monoisotopic (exact) mass is 416 g/mol. The maximum absolute atomic E-state index is 12.9. The van der Waals surface area contributed by atoms with Crippen LogP contribution in [0.1, 0.15) is 31.6 Å². The van der Waals surface area contributed by atoms with Crippen LogP contribution in [0.2, 0.25) is 0 Å².